The Morgan fingerprint density at radius 2 is 1.88 bits per heavy atom. The van der Waals surface area contributed by atoms with Crippen LogP contribution in [0.15, 0.2) is 0 Å². The Balaban J connectivity index is 2.37. The van der Waals surface area contributed by atoms with Crippen molar-refractivity contribution in [2.75, 3.05) is 18.9 Å². The summed E-state index contributed by atoms with van der Waals surface area (Å²) in [5.41, 5.74) is 0.198. The van der Waals surface area contributed by atoms with E-state index in [1.54, 1.807) is 0 Å². The topological polar surface area (TPSA) is 66.4 Å². The van der Waals surface area contributed by atoms with Gasteiger partial charge in [-0.3, -0.25) is 0 Å². The van der Waals surface area contributed by atoms with E-state index < -0.39 is 10.0 Å². The van der Waals surface area contributed by atoms with Crippen LogP contribution in [0.4, 0.5) is 0 Å². The Labute approximate surface area is 105 Å². The first-order valence-corrected chi connectivity index (χ1v) is 8.27. The van der Waals surface area contributed by atoms with Crippen LogP contribution in [0.25, 0.3) is 0 Å². The van der Waals surface area contributed by atoms with Crippen LogP contribution in [-0.4, -0.2) is 32.4 Å². The molecule has 1 aliphatic rings. The lowest BCUT2D eigenvalue weighted by Crippen LogP contribution is -2.36. The van der Waals surface area contributed by atoms with E-state index in [4.69, 9.17) is 5.11 Å². The van der Waals surface area contributed by atoms with Gasteiger partial charge in [-0.1, -0.05) is 19.8 Å². The maximum Gasteiger partial charge on any atom is 0.211 e. The van der Waals surface area contributed by atoms with Gasteiger partial charge in [-0.2, -0.15) is 0 Å². The highest BCUT2D eigenvalue weighted by Crippen LogP contribution is 2.40. The lowest BCUT2D eigenvalue weighted by Gasteiger charge is -2.27. The molecule has 0 bridgehead atoms. The molecule has 0 aromatic heterocycles. The molecule has 0 atom stereocenters. The summed E-state index contributed by atoms with van der Waals surface area (Å²) in [5.74, 6) is 0.132. The first kappa shape index (κ1) is 14.9. The fraction of sp³-hybridized carbons (Fsp3) is 1.00. The first-order valence-electron chi connectivity index (χ1n) is 6.62. The normalized spacial score (nSPS) is 19.6. The van der Waals surface area contributed by atoms with Crippen molar-refractivity contribution in [3.05, 3.63) is 0 Å². The molecule has 0 radical (unpaired) electrons. The number of sulfonamides is 1. The van der Waals surface area contributed by atoms with Gasteiger partial charge in [-0.25, -0.2) is 13.1 Å². The van der Waals surface area contributed by atoms with Gasteiger partial charge in [0.25, 0.3) is 0 Å². The maximum atomic E-state index is 11.7. The van der Waals surface area contributed by atoms with E-state index in [9.17, 15) is 8.42 Å². The Kier molecular flexibility index (Phi) is 5.89. The lowest BCUT2D eigenvalue weighted by atomic mass is 9.84. The van der Waals surface area contributed by atoms with Crippen molar-refractivity contribution in [1.82, 2.24) is 4.72 Å². The van der Waals surface area contributed by atoms with Gasteiger partial charge in [-0.15, -0.1) is 0 Å². The molecule has 1 rings (SSSR count). The van der Waals surface area contributed by atoms with Crippen molar-refractivity contribution in [1.29, 1.82) is 0 Å². The minimum atomic E-state index is -3.15. The van der Waals surface area contributed by atoms with Gasteiger partial charge in [0, 0.05) is 13.2 Å². The molecule has 4 nitrogen and oxygen atoms in total. The van der Waals surface area contributed by atoms with Gasteiger partial charge in [0.05, 0.1) is 5.75 Å². The van der Waals surface area contributed by atoms with E-state index in [-0.39, 0.29) is 17.8 Å². The van der Waals surface area contributed by atoms with Crippen LogP contribution < -0.4 is 4.72 Å². The van der Waals surface area contributed by atoms with Crippen molar-refractivity contribution in [2.45, 2.75) is 51.9 Å². The molecular formula is C12H25NO3S. The average Bonchev–Trinajstić information content (AvgIpc) is 2.76. The summed E-state index contributed by atoms with van der Waals surface area (Å²) in [6, 6.07) is 0. The van der Waals surface area contributed by atoms with Crippen LogP contribution in [-0.2, 0) is 10.0 Å². The average molecular weight is 263 g/mol. The molecule has 1 fully saturated rings. The van der Waals surface area contributed by atoms with Gasteiger partial charge in [0.1, 0.15) is 0 Å². The van der Waals surface area contributed by atoms with E-state index in [0.29, 0.717) is 19.4 Å². The second kappa shape index (κ2) is 6.71. The van der Waals surface area contributed by atoms with Gasteiger partial charge < -0.3 is 5.11 Å². The standard InChI is InChI=1S/C12H25NO3S/c1-2-12(7-3-4-8-12)11-13-17(15,16)10-6-5-9-14/h13-14H,2-11H2,1H3. The van der Waals surface area contributed by atoms with E-state index in [1.165, 1.54) is 12.8 Å². The maximum absolute atomic E-state index is 11.7. The van der Waals surface area contributed by atoms with Crippen LogP contribution in [0.3, 0.4) is 0 Å². The fourth-order valence-electron chi connectivity index (χ4n) is 2.52. The van der Waals surface area contributed by atoms with Crippen LogP contribution in [0.1, 0.15) is 51.9 Å². The Bertz CT molecular complexity index is 308. The minimum Gasteiger partial charge on any atom is -0.396 e. The molecule has 2 N–H and O–H groups in total. The molecule has 102 valence electrons. The second-order valence-electron chi connectivity index (χ2n) is 5.13. The molecule has 0 aliphatic heterocycles. The summed E-state index contributed by atoms with van der Waals surface area (Å²) in [4.78, 5) is 0. The van der Waals surface area contributed by atoms with Crippen molar-refractivity contribution >= 4 is 10.0 Å². The number of nitrogens with one attached hydrogen (secondary N) is 1. The van der Waals surface area contributed by atoms with Crippen LogP contribution in [0.2, 0.25) is 0 Å². The van der Waals surface area contributed by atoms with E-state index in [0.717, 1.165) is 19.3 Å². The lowest BCUT2D eigenvalue weighted by molar-refractivity contribution is 0.283. The third-order valence-corrected chi connectivity index (χ3v) is 5.31. The van der Waals surface area contributed by atoms with E-state index in [2.05, 4.69) is 11.6 Å². The predicted molar refractivity (Wildman–Crippen MR) is 69.3 cm³/mol. The molecule has 0 spiro atoms. The highest BCUT2D eigenvalue weighted by Gasteiger charge is 2.32. The highest BCUT2D eigenvalue weighted by atomic mass is 32.2. The van der Waals surface area contributed by atoms with Gasteiger partial charge >= 0.3 is 0 Å². The zero-order valence-corrected chi connectivity index (χ0v) is 11.6. The second-order valence-corrected chi connectivity index (χ2v) is 7.06. The van der Waals surface area contributed by atoms with Gasteiger partial charge in [0.2, 0.25) is 10.0 Å². The number of aliphatic hydroxyl groups is 1. The number of unbranched alkanes of at least 4 members (excludes halogenated alkanes) is 1. The molecular weight excluding hydrogens is 238 g/mol. The highest BCUT2D eigenvalue weighted by molar-refractivity contribution is 7.89. The summed E-state index contributed by atoms with van der Waals surface area (Å²) in [6.07, 6.45) is 6.86. The summed E-state index contributed by atoms with van der Waals surface area (Å²) in [6.45, 7) is 2.80. The largest absolute Gasteiger partial charge is 0.396 e. The van der Waals surface area contributed by atoms with Gasteiger partial charge in [0.15, 0.2) is 0 Å². The van der Waals surface area contributed by atoms with Crippen molar-refractivity contribution in [3.63, 3.8) is 0 Å². The molecule has 17 heavy (non-hydrogen) atoms. The van der Waals surface area contributed by atoms with Crippen LogP contribution >= 0.6 is 0 Å². The smallest absolute Gasteiger partial charge is 0.211 e. The molecule has 1 saturated carbocycles. The van der Waals surface area contributed by atoms with Crippen molar-refractivity contribution < 1.29 is 13.5 Å². The Morgan fingerprint density at radius 1 is 1.24 bits per heavy atom. The fourth-order valence-corrected chi connectivity index (χ4v) is 3.77. The van der Waals surface area contributed by atoms with Crippen LogP contribution in [0.5, 0.6) is 0 Å². The number of aliphatic hydroxyl groups excluding tert-OH is 1. The minimum absolute atomic E-state index is 0.0639. The quantitative estimate of drug-likeness (QED) is 0.654. The SMILES string of the molecule is CCC1(CNS(=O)(=O)CCCCO)CCCC1. The number of rotatable bonds is 8. The Morgan fingerprint density at radius 3 is 2.41 bits per heavy atom. The third-order valence-electron chi connectivity index (χ3n) is 3.90. The molecule has 5 heteroatoms. The van der Waals surface area contributed by atoms with Crippen LogP contribution in [0, 0.1) is 5.41 Å². The van der Waals surface area contributed by atoms with Crippen molar-refractivity contribution in [2.24, 2.45) is 5.41 Å². The zero-order chi connectivity index (χ0) is 12.8. The molecule has 1 aliphatic carbocycles. The number of hydrogen-bond donors (Lipinski definition) is 2. The summed E-state index contributed by atoms with van der Waals surface area (Å²) >= 11 is 0. The molecule has 0 saturated heterocycles. The molecule has 0 heterocycles. The van der Waals surface area contributed by atoms with Gasteiger partial charge in [-0.05, 0) is 37.5 Å². The Hall–Kier alpha value is -0.130. The summed E-state index contributed by atoms with van der Waals surface area (Å²) in [7, 11) is -3.15. The monoisotopic (exact) mass is 263 g/mol. The van der Waals surface area contributed by atoms with Crippen molar-refractivity contribution in [3.8, 4) is 0 Å². The van der Waals surface area contributed by atoms with E-state index in [1.807, 2.05) is 0 Å². The summed E-state index contributed by atoms with van der Waals surface area (Å²) < 4.78 is 26.2. The zero-order valence-electron chi connectivity index (χ0n) is 10.7. The van der Waals surface area contributed by atoms with E-state index >= 15 is 0 Å². The molecule has 0 aromatic rings. The molecule has 0 unspecified atom stereocenters. The predicted octanol–water partition coefficient (Wildman–Crippen LogP) is 1.65. The molecule has 0 aromatic carbocycles. The first-order chi connectivity index (χ1) is 8.04. The number of hydrogen-bond acceptors (Lipinski definition) is 3. The third kappa shape index (κ3) is 4.94. The molecule has 0 amide bonds. The summed E-state index contributed by atoms with van der Waals surface area (Å²) in [5, 5.41) is 8.63.